The minimum Gasteiger partial charge on any atom is -0.394 e. The van der Waals surface area contributed by atoms with Gasteiger partial charge in [0.05, 0.1) is 6.04 Å². The summed E-state index contributed by atoms with van der Waals surface area (Å²) >= 11 is 0. The van der Waals surface area contributed by atoms with Gasteiger partial charge in [0.15, 0.2) is 0 Å². The van der Waals surface area contributed by atoms with Gasteiger partial charge in [-0.3, -0.25) is 0 Å². The van der Waals surface area contributed by atoms with E-state index in [1.165, 1.54) is 19.3 Å². The minimum atomic E-state index is -2.59. The molecule has 1 aromatic rings. The molecule has 26 heavy (non-hydrogen) atoms. The first-order valence-electron chi connectivity index (χ1n) is 8.76. The fraction of sp³-hybridized carbons (Fsp3) is 0.500. The maximum Gasteiger partial charge on any atom is 0.257 e. The number of benzene rings is 1. The van der Waals surface area contributed by atoms with Crippen molar-refractivity contribution in [3.8, 4) is 0 Å². The number of fused-ring (bicyclic) bond motifs is 1. The summed E-state index contributed by atoms with van der Waals surface area (Å²) in [5, 5.41) is 8.56. The quantitative estimate of drug-likeness (QED) is 0.622. The van der Waals surface area contributed by atoms with Crippen LogP contribution in [0, 0.1) is 5.82 Å². The van der Waals surface area contributed by atoms with Crippen LogP contribution in [-0.2, 0) is 5.41 Å². The molecule has 2 atom stereocenters. The van der Waals surface area contributed by atoms with Crippen molar-refractivity contribution in [3.63, 3.8) is 0 Å². The number of anilines is 1. The van der Waals surface area contributed by atoms with Gasteiger partial charge < -0.3 is 16.0 Å². The van der Waals surface area contributed by atoms with Gasteiger partial charge in [-0.15, -0.1) is 0 Å². The van der Waals surface area contributed by atoms with Gasteiger partial charge in [0.1, 0.15) is 5.82 Å². The van der Waals surface area contributed by atoms with E-state index >= 15 is 0 Å². The molecule has 0 heterocycles. The lowest BCUT2D eigenvalue weighted by molar-refractivity contribution is 0.117. The van der Waals surface area contributed by atoms with Crippen molar-refractivity contribution in [1.29, 1.82) is 0 Å². The van der Waals surface area contributed by atoms with Crippen LogP contribution >= 0.6 is 0 Å². The third-order valence-electron chi connectivity index (χ3n) is 5.01. The van der Waals surface area contributed by atoms with Crippen molar-refractivity contribution in [2.45, 2.75) is 51.0 Å². The molecular weight excluding hydrogens is 339 g/mol. The Kier molecular flexibility index (Phi) is 6.06. The van der Waals surface area contributed by atoms with Crippen molar-refractivity contribution < 1.29 is 13.2 Å². The van der Waals surface area contributed by atoms with Crippen LogP contribution in [-0.4, -0.2) is 26.6 Å². The molecule has 0 spiro atoms. The molecule has 3 N–H and O–H groups in total. The maximum atomic E-state index is 14.5. The van der Waals surface area contributed by atoms with Crippen molar-refractivity contribution in [3.05, 3.63) is 53.1 Å². The van der Waals surface area contributed by atoms with Gasteiger partial charge in [0.25, 0.3) is 6.43 Å². The molecule has 0 aromatic heterocycles. The molecule has 0 saturated heterocycles. The van der Waals surface area contributed by atoms with Crippen molar-refractivity contribution in [1.82, 2.24) is 10.6 Å². The average Bonchev–Trinajstić information content (AvgIpc) is 2.79. The fourth-order valence-electron chi connectivity index (χ4n) is 4.04. The third kappa shape index (κ3) is 3.75. The standard InChI is InChI=1S/C20H28F3N3/c1-11-9-20(3,4)17-14(21)7-8-15(16(11)17)26-12(2)13(10-24-5)18(25-6)19(22)23/h7-8,10-11,18-19,24-26H,2,9H2,1,3-6H3/b13-10-. The first-order valence-corrected chi connectivity index (χ1v) is 8.76. The first kappa shape index (κ1) is 20.4. The zero-order chi connectivity index (χ0) is 19.6. The molecule has 1 aromatic carbocycles. The Balaban J connectivity index is 2.41. The molecule has 1 aliphatic carbocycles. The third-order valence-corrected chi connectivity index (χ3v) is 5.01. The molecule has 2 rings (SSSR count). The van der Waals surface area contributed by atoms with Crippen LogP contribution in [0.25, 0.3) is 0 Å². The Morgan fingerprint density at radius 1 is 1.31 bits per heavy atom. The number of halogens is 3. The normalized spacial score (nSPS) is 20.0. The summed E-state index contributed by atoms with van der Waals surface area (Å²) in [7, 11) is 3.12. The van der Waals surface area contributed by atoms with E-state index < -0.39 is 12.5 Å². The van der Waals surface area contributed by atoms with E-state index in [0.29, 0.717) is 16.8 Å². The van der Waals surface area contributed by atoms with Crippen LogP contribution in [0.1, 0.15) is 44.2 Å². The molecule has 0 amide bonds. The topological polar surface area (TPSA) is 36.1 Å². The summed E-state index contributed by atoms with van der Waals surface area (Å²) in [6.45, 7) is 10.0. The van der Waals surface area contributed by atoms with Gasteiger partial charge in [-0.25, -0.2) is 13.2 Å². The van der Waals surface area contributed by atoms with E-state index in [1.807, 2.05) is 13.8 Å². The highest BCUT2D eigenvalue weighted by Crippen LogP contribution is 2.49. The van der Waals surface area contributed by atoms with E-state index in [1.54, 1.807) is 13.1 Å². The molecule has 0 bridgehead atoms. The molecular formula is C20H28F3N3. The summed E-state index contributed by atoms with van der Waals surface area (Å²) < 4.78 is 41.2. The molecule has 2 unspecified atom stereocenters. The Labute approximate surface area is 153 Å². The molecule has 144 valence electrons. The van der Waals surface area contributed by atoms with Crippen LogP contribution in [0.4, 0.5) is 18.9 Å². The van der Waals surface area contributed by atoms with E-state index in [-0.39, 0.29) is 17.2 Å². The molecule has 3 nitrogen and oxygen atoms in total. The maximum absolute atomic E-state index is 14.5. The van der Waals surface area contributed by atoms with E-state index in [9.17, 15) is 13.2 Å². The lowest BCUT2D eigenvalue weighted by Crippen LogP contribution is -2.36. The summed E-state index contributed by atoms with van der Waals surface area (Å²) in [4.78, 5) is 0. The van der Waals surface area contributed by atoms with E-state index in [0.717, 1.165) is 17.7 Å². The molecule has 0 radical (unpaired) electrons. The predicted octanol–water partition coefficient (Wildman–Crippen LogP) is 4.49. The number of hydrogen-bond donors (Lipinski definition) is 3. The van der Waals surface area contributed by atoms with Crippen molar-refractivity contribution in [2.75, 3.05) is 19.4 Å². The van der Waals surface area contributed by atoms with Gasteiger partial charge in [-0.05, 0) is 48.1 Å². The van der Waals surface area contributed by atoms with Crippen LogP contribution < -0.4 is 16.0 Å². The zero-order valence-electron chi connectivity index (χ0n) is 16.0. The first-order chi connectivity index (χ1) is 12.1. The number of nitrogens with one attached hydrogen (secondary N) is 3. The highest BCUT2D eigenvalue weighted by molar-refractivity contribution is 5.65. The van der Waals surface area contributed by atoms with Crippen molar-refractivity contribution >= 4 is 5.69 Å². The Morgan fingerprint density at radius 2 is 1.96 bits per heavy atom. The van der Waals surface area contributed by atoms with Gasteiger partial charge in [-0.1, -0.05) is 27.4 Å². The summed E-state index contributed by atoms with van der Waals surface area (Å²) in [5.74, 6) is -0.0601. The predicted molar refractivity (Wildman–Crippen MR) is 101 cm³/mol. The second-order valence-electron chi connectivity index (χ2n) is 7.47. The van der Waals surface area contributed by atoms with Gasteiger partial charge in [0.2, 0.25) is 0 Å². The van der Waals surface area contributed by atoms with Crippen molar-refractivity contribution in [2.24, 2.45) is 0 Å². The molecule has 0 aliphatic heterocycles. The highest BCUT2D eigenvalue weighted by atomic mass is 19.3. The summed E-state index contributed by atoms with van der Waals surface area (Å²) in [6.07, 6.45) is -0.255. The SMILES string of the molecule is C=C(Nc1ccc(F)c2c1C(C)CC2(C)C)/C(=C/NC)C(NC)C(F)F. The molecule has 0 saturated carbocycles. The number of alkyl halides is 2. The number of hydrogen-bond acceptors (Lipinski definition) is 3. The molecule has 0 fully saturated rings. The lowest BCUT2D eigenvalue weighted by atomic mass is 9.85. The molecule has 1 aliphatic rings. The van der Waals surface area contributed by atoms with Gasteiger partial charge in [0, 0.05) is 30.2 Å². The van der Waals surface area contributed by atoms with E-state index in [4.69, 9.17) is 0 Å². The second kappa shape index (κ2) is 7.74. The van der Waals surface area contributed by atoms with Gasteiger partial charge in [-0.2, -0.15) is 0 Å². The Bertz CT molecular complexity index is 710. The fourth-order valence-corrected chi connectivity index (χ4v) is 4.04. The lowest BCUT2D eigenvalue weighted by Gasteiger charge is -2.24. The molecule has 6 heteroatoms. The van der Waals surface area contributed by atoms with Crippen LogP contribution in [0.15, 0.2) is 36.2 Å². The smallest absolute Gasteiger partial charge is 0.257 e. The van der Waals surface area contributed by atoms with Crippen LogP contribution in [0.5, 0.6) is 0 Å². The number of rotatable bonds is 7. The number of likely N-dealkylation sites (N-methyl/N-ethyl adjacent to an activating group) is 1. The Hall–Kier alpha value is -1.95. The Morgan fingerprint density at radius 3 is 2.50 bits per heavy atom. The monoisotopic (exact) mass is 367 g/mol. The van der Waals surface area contributed by atoms with Crippen LogP contribution in [0.3, 0.4) is 0 Å². The minimum absolute atomic E-state index is 0.165. The summed E-state index contributed by atoms with van der Waals surface area (Å²) in [6, 6.07) is 1.92. The largest absolute Gasteiger partial charge is 0.394 e. The summed E-state index contributed by atoms with van der Waals surface area (Å²) in [5.41, 5.74) is 2.73. The second-order valence-corrected chi connectivity index (χ2v) is 7.47. The van der Waals surface area contributed by atoms with Gasteiger partial charge >= 0.3 is 0 Å². The van der Waals surface area contributed by atoms with Crippen LogP contribution in [0.2, 0.25) is 0 Å². The zero-order valence-corrected chi connectivity index (χ0v) is 16.0. The van der Waals surface area contributed by atoms with E-state index in [2.05, 4.69) is 29.5 Å². The highest BCUT2D eigenvalue weighted by Gasteiger charge is 2.39. The average molecular weight is 367 g/mol.